The van der Waals surface area contributed by atoms with Crippen LogP contribution in [0.15, 0.2) is 36.4 Å². The third-order valence-electron chi connectivity index (χ3n) is 3.19. The zero-order valence-corrected chi connectivity index (χ0v) is 12.4. The van der Waals surface area contributed by atoms with Crippen LogP contribution < -0.4 is 4.74 Å². The quantitative estimate of drug-likeness (QED) is 0.480. The molecule has 0 saturated carbocycles. The molecule has 21 heavy (non-hydrogen) atoms. The highest BCUT2D eigenvalue weighted by Gasteiger charge is 2.15. The Morgan fingerprint density at radius 1 is 1.10 bits per heavy atom. The minimum atomic E-state index is -0.592. The first-order chi connectivity index (χ1) is 10.0. The van der Waals surface area contributed by atoms with Crippen LogP contribution in [0.1, 0.15) is 31.1 Å². The number of carbonyl (C=O) groups excluding carboxylic acids is 2. The Morgan fingerprint density at radius 2 is 1.76 bits per heavy atom. The molecule has 0 aromatic heterocycles. The van der Waals surface area contributed by atoms with Crippen molar-refractivity contribution in [1.29, 1.82) is 0 Å². The predicted molar refractivity (Wildman–Crippen MR) is 80.7 cm³/mol. The molecule has 0 aliphatic heterocycles. The van der Waals surface area contributed by atoms with E-state index in [-0.39, 0.29) is 5.78 Å². The Morgan fingerprint density at radius 3 is 2.43 bits per heavy atom. The second-order valence-electron chi connectivity index (χ2n) is 4.80. The molecule has 2 aromatic rings. The van der Waals surface area contributed by atoms with Gasteiger partial charge in [0.2, 0.25) is 0 Å². The van der Waals surface area contributed by atoms with Crippen LogP contribution in [0.3, 0.4) is 0 Å². The smallest absolute Gasteiger partial charge is 0.340 e. The SMILES string of the molecule is CCO[C@@H](C)C(=O)Oc1ccc2cc(C(C)=O)ccc2c1. The van der Waals surface area contributed by atoms with Gasteiger partial charge < -0.3 is 9.47 Å². The number of fused-ring (bicyclic) bond motifs is 1. The maximum Gasteiger partial charge on any atom is 0.340 e. The van der Waals surface area contributed by atoms with Crippen LogP contribution in [-0.4, -0.2) is 24.5 Å². The van der Waals surface area contributed by atoms with E-state index < -0.39 is 12.1 Å². The molecule has 2 aromatic carbocycles. The Kier molecular flexibility index (Phi) is 4.70. The molecule has 1 atom stereocenters. The van der Waals surface area contributed by atoms with Crippen LogP contribution >= 0.6 is 0 Å². The van der Waals surface area contributed by atoms with Gasteiger partial charge in [-0.05, 0) is 49.7 Å². The van der Waals surface area contributed by atoms with Crippen LogP contribution in [0.5, 0.6) is 5.75 Å². The second kappa shape index (κ2) is 6.50. The first-order valence-electron chi connectivity index (χ1n) is 6.89. The lowest BCUT2D eigenvalue weighted by Gasteiger charge is -2.11. The van der Waals surface area contributed by atoms with E-state index in [2.05, 4.69) is 0 Å². The lowest BCUT2D eigenvalue weighted by atomic mass is 10.0. The number of rotatable bonds is 5. The van der Waals surface area contributed by atoms with Gasteiger partial charge in [0.05, 0.1) is 0 Å². The highest BCUT2D eigenvalue weighted by Crippen LogP contribution is 2.22. The predicted octanol–water partition coefficient (Wildman–Crippen LogP) is 3.37. The highest BCUT2D eigenvalue weighted by atomic mass is 16.6. The van der Waals surface area contributed by atoms with Crippen molar-refractivity contribution in [2.24, 2.45) is 0 Å². The van der Waals surface area contributed by atoms with Crippen molar-refractivity contribution in [2.45, 2.75) is 26.9 Å². The minimum absolute atomic E-state index is 0.0259. The van der Waals surface area contributed by atoms with Crippen LogP contribution in [0.2, 0.25) is 0 Å². The van der Waals surface area contributed by atoms with Crippen molar-refractivity contribution in [3.05, 3.63) is 42.0 Å². The van der Waals surface area contributed by atoms with Crippen molar-refractivity contribution in [3.63, 3.8) is 0 Å². The molecule has 0 unspecified atom stereocenters. The summed E-state index contributed by atoms with van der Waals surface area (Å²) in [7, 11) is 0. The normalized spacial score (nSPS) is 12.1. The fourth-order valence-electron chi connectivity index (χ4n) is 2.02. The molecule has 4 nitrogen and oxygen atoms in total. The first-order valence-corrected chi connectivity index (χ1v) is 6.89. The van der Waals surface area contributed by atoms with Crippen LogP contribution in [0.4, 0.5) is 0 Å². The number of ether oxygens (including phenoxy) is 2. The summed E-state index contributed by atoms with van der Waals surface area (Å²) in [5, 5.41) is 1.84. The van der Waals surface area contributed by atoms with Gasteiger partial charge in [-0.3, -0.25) is 4.79 Å². The number of esters is 1. The molecule has 0 aliphatic carbocycles. The third-order valence-corrected chi connectivity index (χ3v) is 3.19. The van der Waals surface area contributed by atoms with E-state index in [0.717, 1.165) is 10.8 Å². The van der Waals surface area contributed by atoms with E-state index in [4.69, 9.17) is 9.47 Å². The summed E-state index contributed by atoms with van der Waals surface area (Å²) in [6, 6.07) is 10.7. The topological polar surface area (TPSA) is 52.6 Å². The third kappa shape index (κ3) is 3.67. The number of carbonyl (C=O) groups is 2. The van der Waals surface area contributed by atoms with Gasteiger partial charge in [-0.2, -0.15) is 0 Å². The van der Waals surface area contributed by atoms with Crippen molar-refractivity contribution >= 4 is 22.5 Å². The van der Waals surface area contributed by atoms with Crippen molar-refractivity contribution in [1.82, 2.24) is 0 Å². The fraction of sp³-hybridized carbons (Fsp3) is 0.294. The summed E-state index contributed by atoms with van der Waals surface area (Å²) in [6.45, 7) is 5.48. The molecule has 0 N–H and O–H groups in total. The maximum atomic E-state index is 11.8. The summed E-state index contributed by atoms with van der Waals surface area (Å²) in [5.74, 6) is 0.0733. The van der Waals surface area contributed by atoms with E-state index in [1.54, 1.807) is 25.1 Å². The van der Waals surface area contributed by atoms with Gasteiger partial charge in [-0.25, -0.2) is 4.79 Å². The van der Waals surface area contributed by atoms with E-state index >= 15 is 0 Å². The summed E-state index contributed by atoms with van der Waals surface area (Å²) < 4.78 is 10.5. The summed E-state index contributed by atoms with van der Waals surface area (Å²) in [6.07, 6.45) is -0.592. The van der Waals surface area contributed by atoms with Gasteiger partial charge in [-0.15, -0.1) is 0 Å². The monoisotopic (exact) mass is 286 g/mol. The van der Waals surface area contributed by atoms with Crippen LogP contribution in [-0.2, 0) is 9.53 Å². The number of Topliss-reactive ketones (excluding diaryl/α,β-unsaturated/α-hetero) is 1. The molecule has 2 rings (SSSR count). The average Bonchev–Trinajstić information content (AvgIpc) is 2.46. The zero-order chi connectivity index (χ0) is 15.4. The average molecular weight is 286 g/mol. The highest BCUT2D eigenvalue weighted by molar-refractivity contribution is 5.98. The largest absolute Gasteiger partial charge is 0.425 e. The second-order valence-corrected chi connectivity index (χ2v) is 4.80. The molecule has 0 heterocycles. The lowest BCUT2D eigenvalue weighted by molar-refractivity contribution is -0.145. The Labute approximate surface area is 123 Å². The van der Waals surface area contributed by atoms with Gasteiger partial charge in [0.15, 0.2) is 11.9 Å². The Balaban J connectivity index is 2.21. The Hall–Kier alpha value is -2.20. The number of hydrogen-bond donors (Lipinski definition) is 0. The maximum absolute atomic E-state index is 11.8. The molecule has 110 valence electrons. The minimum Gasteiger partial charge on any atom is -0.425 e. The van der Waals surface area contributed by atoms with Gasteiger partial charge in [0.25, 0.3) is 0 Å². The lowest BCUT2D eigenvalue weighted by Crippen LogP contribution is -2.25. The zero-order valence-electron chi connectivity index (χ0n) is 12.4. The molecule has 0 aliphatic rings. The number of ketones is 1. The molecular weight excluding hydrogens is 268 g/mol. The number of hydrogen-bond acceptors (Lipinski definition) is 4. The van der Waals surface area contributed by atoms with Gasteiger partial charge >= 0.3 is 5.97 Å². The fourth-order valence-corrected chi connectivity index (χ4v) is 2.02. The van der Waals surface area contributed by atoms with Gasteiger partial charge in [0, 0.05) is 12.2 Å². The molecular formula is C17H18O4. The molecule has 0 saturated heterocycles. The van der Waals surface area contributed by atoms with Crippen molar-refractivity contribution in [2.75, 3.05) is 6.61 Å². The summed E-state index contributed by atoms with van der Waals surface area (Å²) in [4.78, 5) is 23.1. The Bertz CT molecular complexity index is 676. The van der Waals surface area contributed by atoms with Gasteiger partial charge in [-0.1, -0.05) is 18.2 Å². The summed E-state index contributed by atoms with van der Waals surface area (Å²) >= 11 is 0. The van der Waals surface area contributed by atoms with E-state index in [9.17, 15) is 9.59 Å². The van der Waals surface area contributed by atoms with Crippen molar-refractivity contribution < 1.29 is 19.1 Å². The van der Waals surface area contributed by atoms with Crippen LogP contribution in [0, 0.1) is 0 Å². The first kappa shape index (κ1) is 15.2. The molecule has 0 radical (unpaired) electrons. The molecule has 0 bridgehead atoms. The molecule has 4 heteroatoms. The van der Waals surface area contributed by atoms with E-state index in [1.807, 2.05) is 25.1 Å². The molecule has 0 amide bonds. The van der Waals surface area contributed by atoms with Crippen molar-refractivity contribution in [3.8, 4) is 5.75 Å². The molecule has 0 fully saturated rings. The van der Waals surface area contributed by atoms with Crippen LogP contribution in [0.25, 0.3) is 10.8 Å². The van der Waals surface area contributed by atoms with E-state index in [1.165, 1.54) is 6.92 Å². The number of benzene rings is 2. The van der Waals surface area contributed by atoms with Gasteiger partial charge in [0.1, 0.15) is 5.75 Å². The summed E-state index contributed by atoms with van der Waals surface area (Å²) in [5.41, 5.74) is 0.664. The standard InChI is InChI=1S/C17H18O4/c1-4-20-12(3)17(19)21-16-8-7-14-9-13(11(2)18)5-6-15(14)10-16/h5-10,12H,4H2,1-3H3/t12-/m0/s1. The molecule has 0 spiro atoms. The van der Waals surface area contributed by atoms with E-state index in [0.29, 0.717) is 17.9 Å².